The first kappa shape index (κ1) is 2.94. The van der Waals surface area contributed by atoms with Gasteiger partial charge in [0.25, 0.3) is 0 Å². The summed E-state index contributed by atoms with van der Waals surface area (Å²) in [4.78, 5) is 0. The van der Waals surface area contributed by atoms with Crippen molar-refractivity contribution >= 4 is 27.7 Å². The second-order valence-corrected chi connectivity index (χ2v) is 6.35. The summed E-state index contributed by atoms with van der Waals surface area (Å²) in [6, 6.07) is 6.73. The summed E-state index contributed by atoms with van der Waals surface area (Å²) in [6.07, 6.45) is 0. The molecule has 0 saturated heterocycles. The SMILES string of the molecule is c1cc2c3c(c1)[As]23. The van der Waals surface area contributed by atoms with E-state index < -0.39 is 0 Å². The van der Waals surface area contributed by atoms with E-state index in [-0.39, 0.29) is 14.7 Å². The first-order valence-electron chi connectivity index (χ1n) is 2.41. The number of rotatable bonds is 0. The second-order valence-electron chi connectivity index (χ2n) is 1.98. The Balaban J connectivity index is 2.69. The minimum atomic E-state index is -0.293. The molecular weight excluding hydrogens is 147 g/mol. The van der Waals surface area contributed by atoms with Crippen molar-refractivity contribution in [2.45, 2.75) is 0 Å². The standard InChI is InChI=1S/C6H3As/c1-2-4-6-5(3-1)7(4)6/h1-3H. The van der Waals surface area contributed by atoms with Gasteiger partial charge in [-0.25, -0.2) is 0 Å². The van der Waals surface area contributed by atoms with Gasteiger partial charge in [-0.15, -0.1) is 0 Å². The summed E-state index contributed by atoms with van der Waals surface area (Å²) in [7, 11) is 0. The van der Waals surface area contributed by atoms with Crippen LogP contribution in [0, 0.1) is 0 Å². The molecule has 3 aliphatic heterocycles. The Morgan fingerprint density at radius 2 is 1.71 bits per heavy atom. The predicted molar refractivity (Wildman–Crippen MR) is 31.1 cm³/mol. The quantitative estimate of drug-likeness (QED) is 0.354. The molecule has 0 unspecified atom stereocenters. The molecule has 0 N–H and O–H groups in total. The van der Waals surface area contributed by atoms with Crippen LogP contribution in [0.3, 0.4) is 0 Å². The van der Waals surface area contributed by atoms with Crippen LogP contribution in [0.15, 0.2) is 18.2 Å². The third-order valence-corrected chi connectivity index (χ3v) is 6.20. The van der Waals surface area contributed by atoms with E-state index in [1.54, 1.807) is 13.1 Å². The van der Waals surface area contributed by atoms with Crippen molar-refractivity contribution in [1.29, 1.82) is 0 Å². The zero-order valence-corrected chi connectivity index (χ0v) is 5.56. The van der Waals surface area contributed by atoms with Crippen molar-refractivity contribution in [3.63, 3.8) is 0 Å². The maximum atomic E-state index is 2.28. The summed E-state index contributed by atoms with van der Waals surface area (Å²) >= 11 is -0.293. The van der Waals surface area contributed by atoms with E-state index in [1.807, 2.05) is 0 Å². The average Bonchev–Trinajstić information content (AvgIpc) is 2.53. The third kappa shape index (κ3) is 0.174. The normalized spacial score (nSPS) is 18.9. The van der Waals surface area contributed by atoms with Crippen molar-refractivity contribution in [3.8, 4) is 0 Å². The first-order valence-corrected chi connectivity index (χ1v) is 5.23. The molecule has 4 rings (SSSR count). The van der Waals surface area contributed by atoms with Crippen molar-refractivity contribution in [1.82, 2.24) is 0 Å². The molecular formula is C6H3As. The van der Waals surface area contributed by atoms with Crippen LogP contribution in [0.2, 0.25) is 0 Å². The van der Waals surface area contributed by atoms with Gasteiger partial charge in [-0.1, -0.05) is 0 Å². The second kappa shape index (κ2) is 0.604. The fourth-order valence-corrected chi connectivity index (χ4v) is 5.68. The van der Waals surface area contributed by atoms with E-state index in [0.29, 0.717) is 0 Å². The van der Waals surface area contributed by atoms with E-state index in [2.05, 4.69) is 18.2 Å². The molecule has 2 bridgehead atoms. The molecule has 0 radical (unpaired) electrons. The van der Waals surface area contributed by atoms with Gasteiger partial charge in [0.1, 0.15) is 0 Å². The molecule has 0 spiro atoms. The monoisotopic (exact) mass is 150 g/mol. The van der Waals surface area contributed by atoms with Crippen LogP contribution in [0.25, 0.3) is 0 Å². The van der Waals surface area contributed by atoms with E-state index in [0.717, 1.165) is 0 Å². The molecule has 1 aromatic carbocycles. The van der Waals surface area contributed by atoms with Crippen LogP contribution in [-0.2, 0) is 0 Å². The first-order chi connectivity index (χ1) is 3.48. The van der Waals surface area contributed by atoms with Crippen LogP contribution >= 0.6 is 0 Å². The molecule has 3 aliphatic rings. The molecule has 32 valence electrons. The van der Waals surface area contributed by atoms with Gasteiger partial charge >= 0.3 is 45.9 Å². The van der Waals surface area contributed by atoms with Gasteiger partial charge in [0.2, 0.25) is 0 Å². The molecule has 0 saturated carbocycles. The molecule has 1 aromatic rings. The van der Waals surface area contributed by atoms with E-state index in [4.69, 9.17) is 0 Å². The fourth-order valence-electron chi connectivity index (χ4n) is 1.10. The molecule has 3 heterocycles. The van der Waals surface area contributed by atoms with Gasteiger partial charge in [-0.05, 0) is 0 Å². The average molecular weight is 150 g/mol. The Morgan fingerprint density at radius 3 is 2.00 bits per heavy atom. The van der Waals surface area contributed by atoms with E-state index >= 15 is 0 Å². The van der Waals surface area contributed by atoms with Gasteiger partial charge in [0, 0.05) is 0 Å². The zero-order chi connectivity index (χ0) is 4.43. The molecule has 0 aliphatic carbocycles. The Bertz CT molecular complexity index is 221. The van der Waals surface area contributed by atoms with Crippen molar-refractivity contribution in [3.05, 3.63) is 18.2 Å². The Kier molecular flexibility index (Phi) is 0.253. The Labute approximate surface area is 46.4 Å². The molecule has 1 heteroatoms. The number of hydrogen-bond acceptors (Lipinski definition) is 0. The van der Waals surface area contributed by atoms with E-state index in [9.17, 15) is 0 Å². The van der Waals surface area contributed by atoms with Crippen molar-refractivity contribution < 1.29 is 0 Å². The molecule has 0 atom stereocenters. The Hall–Kier alpha value is -0.222. The molecule has 0 fully saturated rings. The van der Waals surface area contributed by atoms with Gasteiger partial charge < -0.3 is 0 Å². The molecule has 0 amide bonds. The molecule has 7 heavy (non-hydrogen) atoms. The molecule has 0 nitrogen and oxygen atoms in total. The van der Waals surface area contributed by atoms with Gasteiger partial charge in [0.15, 0.2) is 0 Å². The van der Waals surface area contributed by atoms with E-state index in [1.165, 1.54) is 0 Å². The zero-order valence-electron chi connectivity index (χ0n) is 3.68. The van der Waals surface area contributed by atoms with Gasteiger partial charge in [-0.2, -0.15) is 0 Å². The summed E-state index contributed by atoms with van der Waals surface area (Å²) in [5.41, 5.74) is 0. The van der Waals surface area contributed by atoms with Crippen LogP contribution in [0.1, 0.15) is 0 Å². The minimum absolute atomic E-state index is 0.293. The Morgan fingerprint density at radius 1 is 1.14 bits per heavy atom. The van der Waals surface area contributed by atoms with Crippen LogP contribution in [0.4, 0.5) is 0 Å². The van der Waals surface area contributed by atoms with Crippen molar-refractivity contribution in [2.75, 3.05) is 0 Å². The summed E-state index contributed by atoms with van der Waals surface area (Å²) < 4.78 is 5.31. The van der Waals surface area contributed by atoms with Crippen molar-refractivity contribution in [2.24, 2.45) is 0 Å². The van der Waals surface area contributed by atoms with Gasteiger partial charge in [0.05, 0.1) is 0 Å². The predicted octanol–water partition coefficient (Wildman–Crippen LogP) is -1.17. The van der Waals surface area contributed by atoms with Crippen LogP contribution < -0.4 is 13.1 Å². The molecule has 0 aromatic heterocycles. The summed E-state index contributed by atoms with van der Waals surface area (Å²) in [5, 5.41) is 0. The topological polar surface area (TPSA) is 0 Å². The summed E-state index contributed by atoms with van der Waals surface area (Å²) in [5.74, 6) is 0. The maximum absolute atomic E-state index is 2.28. The number of fused-ring (bicyclic) bond motifs is 2. The van der Waals surface area contributed by atoms with Gasteiger partial charge in [-0.3, -0.25) is 0 Å². The summed E-state index contributed by atoms with van der Waals surface area (Å²) in [6.45, 7) is 0. The van der Waals surface area contributed by atoms with Crippen LogP contribution in [-0.4, -0.2) is 14.7 Å². The van der Waals surface area contributed by atoms with Crippen LogP contribution in [0.5, 0.6) is 0 Å². The third-order valence-electron chi connectivity index (χ3n) is 1.60. The number of benzene rings is 1. The number of hydrogen-bond donors (Lipinski definition) is 0. The fraction of sp³-hybridized carbons (Fsp3) is 0.